The Labute approximate surface area is 99.5 Å². The molecule has 1 aromatic rings. The van der Waals surface area contributed by atoms with Gasteiger partial charge in [0.05, 0.1) is 10.0 Å². The summed E-state index contributed by atoms with van der Waals surface area (Å²) in [5, 5.41) is 13.1. The molecule has 0 aliphatic rings. The average molecular weight is 246 g/mol. The molecule has 0 amide bonds. The van der Waals surface area contributed by atoms with Crippen LogP contribution in [0.15, 0.2) is 18.2 Å². The first-order chi connectivity index (χ1) is 7.15. The Morgan fingerprint density at radius 2 is 2.07 bits per heavy atom. The standard InChI is InChI=1S/C11H13Cl2NO/c1-14-5-3-2-4-8-6-10(13)11(15)7-9(8)12/h2,4,6-7,14-15H,3,5H2,1H3. The molecule has 1 rings (SSSR count). The highest BCUT2D eigenvalue weighted by Gasteiger charge is 2.03. The van der Waals surface area contributed by atoms with Gasteiger partial charge in [-0.3, -0.25) is 0 Å². The second-order valence-electron chi connectivity index (χ2n) is 3.12. The van der Waals surface area contributed by atoms with E-state index in [1.807, 2.05) is 19.2 Å². The maximum absolute atomic E-state index is 9.28. The summed E-state index contributed by atoms with van der Waals surface area (Å²) in [5.74, 6) is 0.00837. The van der Waals surface area contributed by atoms with Crippen molar-refractivity contribution in [3.05, 3.63) is 33.8 Å². The van der Waals surface area contributed by atoms with Gasteiger partial charge in [0.15, 0.2) is 0 Å². The number of hydrogen-bond acceptors (Lipinski definition) is 2. The SMILES string of the molecule is CNCCC=Cc1cc(Cl)c(O)cc1Cl. The third-order valence-electron chi connectivity index (χ3n) is 1.92. The van der Waals surface area contributed by atoms with Crippen LogP contribution >= 0.6 is 23.2 Å². The fourth-order valence-electron chi connectivity index (χ4n) is 1.12. The largest absolute Gasteiger partial charge is 0.506 e. The summed E-state index contributed by atoms with van der Waals surface area (Å²) >= 11 is 11.7. The molecule has 2 nitrogen and oxygen atoms in total. The Kier molecular flexibility index (Phi) is 4.95. The van der Waals surface area contributed by atoms with E-state index in [1.54, 1.807) is 6.07 Å². The minimum Gasteiger partial charge on any atom is -0.506 e. The van der Waals surface area contributed by atoms with E-state index in [-0.39, 0.29) is 5.75 Å². The lowest BCUT2D eigenvalue weighted by Crippen LogP contribution is -2.05. The molecule has 0 saturated heterocycles. The number of hydrogen-bond donors (Lipinski definition) is 2. The van der Waals surface area contributed by atoms with Gasteiger partial charge in [-0.15, -0.1) is 0 Å². The summed E-state index contributed by atoms with van der Waals surface area (Å²) in [6, 6.07) is 3.09. The van der Waals surface area contributed by atoms with Gasteiger partial charge in [-0.2, -0.15) is 0 Å². The minimum absolute atomic E-state index is 0.00837. The zero-order valence-electron chi connectivity index (χ0n) is 8.43. The van der Waals surface area contributed by atoms with E-state index in [0.717, 1.165) is 18.5 Å². The van der Waals surface area contributed by atoms with E-state index in [4.69, 9.17) is 23.2 Å². The van der Waals surface area contributed by atoms with Crippen molar-refractivity contribution in [2.45, 2.75) is 6.42 Å². The number of nitrogens with one attached hydrogen (secondary N) is 1. The average Bonchev–Trinajstić information content (AvgIpc) is 2.20. The molecule has 0 heterocycles. The van der Waals surface area contributed by atoms with Crippen LogP contribution in [0.2, 0.25) is 10.0 Å². The highest BCUT2D eigenvalue weighted by molar-refractivity contribution is 6.35. The molecule has 0 aromatic heterocycles. The fraction of sp³-hybridized carbons (Fsp3) is 0.273. The van der Waals surface area contributed by atoms with Crippen LogP contribution in [0.4, 0.5) is 0 Å². The van der Waals surface area contributed by atoms with Gasteiger partial charge >= 0.3 is 0 Å². The zero-order valence-corrected chi connectivity index (χ0v) is 9.94. The van der Waals surface area contributed by atoms with Crippen LogP contribution in [-0.2, 0) is 0 Å². The Morgan fingerprint density at radius 3 is 2.73 bits per heavy atom. The number of aromatic hydroxyl groups is 1. The molecule has 0 bridgehead atoms. The maximum Gasteiger partial charge on any atom is 0.135 e. The van der Waals surface area contributed by atoms with E-state index < -0.39 is 0 Å². The van der Waals surface area contributed by atoms with Crippen molar-refractivity contribution in [2.24, 2.45) is 0 Å². The molecule has 0 atom stereocenters. The van der Waals surface area contributed by atoms with Gasteiger partial charge in [0, 0.05) is 6.07 Å². The summed E-state index contributed by atoms with van der Waals surface area (Å²) in [6.07, 6.45) is 4.82. The van der Waals surface area contributed by atoms with Crippen LogP contribution in [0.25, 0.3) is 6.08 Å². The second kappa shape index (κ2) is 6.01. The molecule has 15 heavy (non-hydrogen) atoms. The first-order valence-electron chi connectivity index (χ1n) is 4.64. The van der Waals surface area contributed by atoms with Crippen LogP contribution in [0.3, 0.4) is 0 Å². The van der Waals surface area contributed by atoms with Crippen LogP contribution in [0, 0.1) is 0 Å². The maximum atomic E-state index is 9.28. The van der Waals surface area contributed by atoms with Crippen molar-refractivity contribution < 1.29 is 5.11 Å². The summed E-state index contributed by atoms with van der Waals surface area (Å²) in [6.45, 7) is 0.917. The molecule has 1 aromatic carbocycles. The molecule has 0 spiro atoms. The van der Waals surface area contributed by atoms with Gasteiger partial charge < -0.3 is 10.4 Å². The van der Waals surface area contributed by atoms with Crippen molar-refractivity contribution in [1.29, 1.82) is 0 Å². The Bertz CT molecular complexity index is 364. The van der Waals surface area contributed by atoms with E-state index in [1.165, 1.54) is 6.07 Å². The van der Waals surface area contributed by atoms with Crippen LogP contribution < -0.4 is 5.32 Å². The smallest absolute Gasteiger partial charge is 0.135 e. The highest BCUT2D eigenvalue weighted by Crippen LogP contribution is 2.30. The number of halogens is 2. The van der Waals surface area contributed by atoms with Gasteiger partial charge in [-0.25, -0.2) is 0 Å². The first-order valence-corrected chi connectivity index (χ1v) is 5.40. The summed E-state index contributed by atoms with van der Waals surface area (Å²) in [7, 11) is 1.90. The van der Waals surface area contributed by atoms with Crippen molar-refractivity contribution in [3.8, 4) is 5.75 Å². The molecular formula is C11H13Cl2NO. The molecular weight excluding hydrogens is 233 g/mol. The monoisotopic (exact) mass is 245 g/mol. The third kappa shape index (κ3) is 3.74. The van der Waals surface area contributed by atoms with E-state index in [0.29, 0.717) is 10.0 Å². The highest BCUT2D eigenvalue weighted by atomic mass is 35.5. The number of phenols is 1. The van der Waals surface area contributed by atoms with Crippen molar-refractivity contribution >= 4 is 29.3 Å². The van der Waals surface area contributed by atoms with Gasteiger partial charge in [0.1, 0.15) is 5.75 Å². The van der Waals surface area contributed by atoms with E-state index in [2.05, 4.69) is 5.32 Å². The number of rotatable bonds is 4. The lowest BCUT2D eigenvalue weighted by molar-refractivity contribution is 0.475. The summed E-state index contributed by atoms with van der Waals surface area (Å²) < 4.78 is 0. The molecule has 0 fully saturated rings. The quantitative estimate of drug-likeness (QED) is 0.798. The van der Waals surface area contributed by atoms with E-state index >= 15 is 0 Å². The van der Waals surface area contributed by atoms with E-state index in [9.17, 15) is 5.11 Å². The van der Waals surface area contributed by atoms with Gasteiger partial charge in [0.25, 0.3) is 0 Å². The van der Waals surface area contributed by atoms with Crippen LogP contribution in [0.5, 0.6) is 5.75 Å². The predicted octanol–water partition coefficient (Wildman–Crippen LogP) is 3.32. The fourth-order valence-corrected chi connectivity index (χ4v) is 1.51. The summed E-state index contributed by atoms with van der Waals surface area (Å²) in [5.41, 5.74) is 0.815. The molecule has 82 valence electrons. The van der Waals surface area contributed by atoms with Crippen molar-refractivity contribution in [1.82, 2.24) is 5.32 Å². The lowest BCUT2D eigenvalue weighted by atomic mass is 10.2. The second-order valence-corrected chi connectivity index (χ2v) is 3.93. The molecule has 0 aliphatic heterocycles. The lowest BCUT2D eigenvalue weighted by Gasteiger charge is -2.01. The molecule has 0 unspecified atom stereocenters. The normalized spacial score (nSPS) is 11.1. The Hall–Kier alpha value is -0.700. The van der Waals surface area contributed by atoms with Gasteiger partial charge in [0.2, 0.25) is 0 Å². The molecule has 2 N–H and O–H groups in total. The Balaban J connectivity index is 2.77. The van der Waals surface area contributed by atoms with Crippen LogP contribution in [-0.4, -0.2) is 18.7 Å². The van der Waals surface area contributed by atoms with Gasteiger partial charge in [-0.05, 0) is 31.6 Å². The van der Waals surface area contributed by atoms with Crippen molar-refractivity contribution in [3.63, 3.8) is 0 Å². The topological polar surface area (TPSA) is 32.3 Å². The number of benzene rings is 1. The molecule has 0 radical (unpaired) electrons. The third-order valence-corrected chi connectivity index (χ3v) is 2.55. The predicted molar refractivity (Wildman–Crippen MR) is 65.7 cm³/mol. The molecule has 4 heteroatoms. The first kappa shape index (κ1) is 12.4. The number of phenolic OH excluding ortho intramolecular Hbond substituents is 1. The van der Waals surface area contributed by atoms with Crippen molar-refractivity contribution in [2.75, 3.05) is 13.6 Å². The van der Waals surface area contributed by atoms with Crippen LogP contribution in [0.1, 0.15) is 12.0 Å². The minimum atomic E-state index is 0.00837. The summed E-state index contributed by atoms with van der Waals surface area (Å²) in [4.78, 5) is 0. The molecule has 0 saturated carbocycles. The zero-order chi connectivity index (χ0) is 11.3. The van der Waals surface area contributed by atoms with Gasteiger partial charge in [-0.1, -0.05) is 35.4 Å². The Morgan fingerprint density at radius 1 is 1.33 bits per heavy atom. The molecule has 0 aliphatic carbocycles.